The van der Waals surface area contributed by atoms with Crippen molar-refractivity contribution >= 4 is 29.8 Å². The van der Waals surface area contributed by atoms with E-state index in [0.717, 1.165) is 55.5 Å². The lowest BCUT2D eigenvalue weighted by atomic mass is 9.45. The number of rotatable bonds is 4. The van der Waals surface area contributed by atoms with Gasteiger partial charge in [0.2, 0.25) is 5.12 Å². The minimum absolute atomic E-state index is 0.00101. The quantitative estimate of drug-likeness (QED) is 0.360. The number of hydrogen-bond donors (Lipinski definition) is 2. The maximum Gasteiger partial charge on any atom is 0.336 e. The number of carbonyl (C=O) groups is 2. The average molecular weight is 595 g/mol. The summed E-state index contributed by atoms with van der Waals surface area (Å²) in [6.07, 6.45) is 9.25. The number of fused-ring (bicyclic) bond motifs is 6. The second-order valence-electron chi connectivity index (χ2n) is 13.7. The molecule has 8 atom stereocenters. The molecule has 0 bridgehead atoms. The molecule has 0 spiro atoms. The molecule has 0 radical (unpaired) electrons. The highest BCUT2D eigenvalue weighted by Crippen LogP contribution is 2.68. The largest absolute Gasteiger partial charge is 0.448 e. The first-order valence-electron chi connectivity index (χ1n) is 15.4. The van der Waals surface area contributed by atoms with Crippen molar-refractivity contribution in [1.82, 2.24) is 9.78 Å². The van der Waals surface area contributed by atoms with Crippen LogP contribution in [0.25, 0.3) is 11.8 Å². The molecule has 9 heteroatoms. The Morgan fingerprint density at radius 1 is 1.17 bits per heavy atom. The smallest absolute Gasteiger partial charge is 0.336 e. The topological polar surface area (TPSA) is 90.7 Å². The molecule has 0 amide bonds. The molecule has 4 fully saturated rings. The maximum absolute atomic E-state index is 13.6. The molecule has 1 unspecified atom stereocenters. The van der Waals surface area contributed by atoms with Crippen molar-refractivity contribution < 1.29 is 28.6 Å². The number of carbonyl (C=O) groups excluding carboxylic acids is 2. The van der Waals surface area contributed by atoms with Crippen molar-refractivity contribution in [3.63, 3.8) is 0 Å². The summed E-state index contributed by atoms with van der Waals surface area (Å²) in [7, 11) is 0. The highest BCUT2D eigenvalue weighted by atomic mass is 32.1. The summed E-state index contributed by atoms with van der Waals surface area (Å²) in [5, 5.41) is 16.2. The van der Waals surface area contributed by atoms with E-state index in [9.17, 15) is 19.1 Å². The summed E-state index contributed by atoms with van der Waals surface area (Å²) in [6, 6.07) is 6.36. The Morgan fingerprint density at radius 2 is 1.95 bits per heavy atom. The number of halogens is 1. The zero-order valence-electron chi connectivity index (χ0n) is 24.2. The first-order valence-corrected chi connectivity index (χ1v) is 15.8. The average Bonchev–Trinajstić information content (AvgIpc) is 3.50. The number of allylic oxidation sites excluding steroid dienone is 1. The Kier molecular flexibility index (Phi) is 6.75. The Hall–Kier alpha value is -2.49. The summed E-state index contributed by atoms with van der Waals surface area (Å²) in [5.74, 6) is -0.469. The van der Waals surface area contributed by atoms with Crippen LogP contribution in [0, 0.1) is 34.4 Å². The number of aliphatic hydroxyl groups excluding tert-OH is 1. The Balaban J connectivity index is 1.20. The van der Waals surface area contributed by atoms with Crippen LogP contribution in [-0.4, -0.2) is 50.4 Å². The monoisotopic (exact) mass is 594 g/mol. The highest BCUT2D eigenvalue weighted by Gasteiger charge is 2.70. The Morgan fingerprint density at radius 3 is 2.67 bits per heavy atom. The maximum atomic E-state index is 13.6. The number of aliphatic hydroxyl groups is 1. The van der Waals surface area contributed by atoms with Gasteiger partial charge < -0.3 is 14.6 Å². The molecule has 2 aromatic rings. The second kappa shape index (κ2) is 10.0. The fraction of sp³-hybridized carbons (Fsp3) is 0.606. The van der Waals surface area contributed by atoms with Gasteiger partial charge in [-0.3, -0.25) is 4.79 Å². The van der Waals surface area contributed by atoms with Gasteiger partial charge in [0.1, 0.15) is 5.82 Å². The van der Waals surface area contributed by atoms with E-state index in [4.69, 9.17) is 9.47 Å². The van der Waals surface area contributed by atoms with Crippen LogP contribution in [0.4, 0.5) is 4.39 Å². The van der Waals surface area contributed by atoms with E-state index in [1.54, 1.807) is 12.1 Å². The molecular formula is C33H39FN2O5S. The van der Waals surface area contributed by atoms with E-state index in [1.165, 1.54) is 17.7 Å². The zero-order valence-corrected chi connectivity index (χ0v) is 25.1. The SMILES string of the molecule is C[C@]12Cc3cnn(-c4ccc(F)cc4)c3C=C1CC[C@@H]1[C@@H]2[C@@H](O)C[C@@]2(C)[C@H]1CC[C@]2(OC(=O)C1CCCCO1)C(=O)S. The molecule has 224 valence electrons. The van der Waals surface area contributed by atoms with Gasteiger partial charge in [0.05, 0.1) is 23.7 Å². The number of benzene rings is 1. The van der Waals surface area contributed by atoms with Gasteiger partial charge in [-0.25, -0.2) is 13.9 Å². The van der Waals surface area contributed by atoms with Crippen LogP contribution in [0.5, 0.6) is 0 Å². The van der Waals surface area contributed by atoms with Crippen LogP contribution >= 0.6 is 12.6 Å². The summed E-state index contributed by atoms with van der Waals surface area (Å²) < 4.78 is 27.3. The molecule has 5 aliphatic rings. The highest BCUT2D eigenvalue weighted by molar-refractivity contribution is 7.96. The van der Waals surface area contributed by atoms with Gasteiger partial charge >= 0.3 is 5.97 Å². The van der Waals surface area contributed by atoms with Crippen LogP contribution in [0.15, 0.2) is 36.0 Å². The number of aromatic nitrogens is 2. The fourth-order valence-electron chi connectivity index (χ4n) is 9.69. The van der Waals surface area contributed by atoms with Gasteiger partial charge in [-0.15, -0.1) is 12.6 Å². The second-order valence-corrected chi connectivity index (χ2v) is 14.1. The van der Waals surface area contributed by atoms with Gasteiger partial charge in [0.15, 0.2) is 11.7 Å². The van der Waals surface area contributed by atoms with Crippen LogP contribution in [0.1, 0.15) is 76.5 Å². The number of thiol groups is 1. The third kappa shape index (κ3) is 4.02. The van der Waals surface area contributed by atoms with Crippen molar-refractivity contribution in [2.45, 2.75) is 89.4 Å². The van der Waals surface area contributed by atoms with Crippen molar-refractivity contribution in [3.05, 3.63) is 53.1 Å². The van der Waals surface area contributed by atoms with Gasteiger partial charge in [0, 0.05) is 12.0 Å². The predicted octanol–water partition coefficient (Wildman–Crippen LogP) is 5.47. The summed E-state index contributed by atoms with van der Waals surface area (Å²) in [6.45, 7) is 4.82. The Bertz CT molecular complexity index is 1450. The van der Waals surface area contributed by atoms with Gasteiger partial charge in [-0.05, 0) is 117 Å². The number of nitrogens with zero attached hydrogens (tertiary/aromatic N) is 2. The minimum Gasteiger partial charge on any atom is -0.448 e. The predicted molar refractivity (Wildman–Crippen MR) is 157 cm³/mol. The van der Waals surface area contributed by atoms with Crippen LogP contribution < -0.4 is 0 Å². The summed E-state index contributed by atoms with van der Waals surface area (Å²) in [4.78, 5) is 26.6. The molecule has 7 nitrogen and oxygen atoms in total. The van der Waals surface area contributed by atoms with E-state index < -0.39 is 34.3 Å². The zero-order chi connectivity index (χ0) is 29.4. The lowest BCUT2D eigenvalue weighted by Gasteiger charge is -2.60. The van der Waals surface area contributed by atoms with E-state index in [1.807, 2.05) is 17.8 Å². The molecule has 3 saturated carbocycles. The van der Waals surface area contributed by atoms with Crippen LogP contribution in [0.3, 0.4) is 0 Å². The number of hydrogen-bond acceptors (Lipinski definition) is 6. The standard InChI is InChI=1S/C33H39FN2O5S/c1-31-16-19-18-35-36(22-9-7-21(34)8-10-22)25(19)15-20(31)6-11-23-24-12-13-33(30(39)42,32(24,2)17-26(37)28(23)31)41-29(38)27-5-3-4-14-40-27/h7-10,15,18,23-24,26-28,37H,3-6,11-14,16-17H2,1-2H3,(H,39,42)/t23-,24-,26-,27?,28+,31-,32-,33-/m0/s1. The molecule has 7 rings (SSSR count). The molecule has 1 aromatic heterocycles. The van der Waals surface area contributed by atoms with E-state index >= 15 is 0 Å². The third-order valence-corrected chi connectivity index (χ3v) is 12.0. The first-order chi connectivity index (χ1) is 20.1. The van der Waals surface area contributed by atoms with Crippen LogP contribution in [-0.2, 0) is 25.5 Å². The van der Waals surface area contributed by atoms with Crippen LogP contribution in [0.2, 0.25) is 0 Å². The van der Waals surface area contributed by atoms with E-state index in [0.29, 0.717) is 25.9 Å². The third-order valence-electron chi connectivity index (χ3n) is 11.7. The van der Waals surface area contributed by atoms with Crippen molar-refractivity contribution in [2.75, 3.05) is 6.61 Å². The fourth-order valence-corrected chi connectivity index (χ4v) is 10.1. The molecular weight excluding hydrogens is 555 g/mol. The number of esters is 1. The molecule has 1 aliphatic heterocycles. The Labute approximate surface area is 251 Å². The molecule has 4 aliphatic carbocycles. The molecule has 42 heavy (non-hydrogen) atoms. The van der Waals surface area contributed by atoms with Gasteiger partial charge in [-0.2, -0.15) is 5.10 Å². The van der Waals surface area contributed by atoms with E-state index in [2.05, 4.69) is 30.7 Å². The normalized spacial score (nSPS) is 38.9. The lowest BCUT2D eigenvalue weighted by molar-refractivity contribution is -0.205. The van der Waals surface area contributed by atoms with Crippen molar-refractivity contribution in [2.24, 2.45) is 28.6 Å². The van der Waals surface area contributed by atoms with E-state index in [-0.39, 0.29) is 29.0 Å². The van der Waals surface area contributed by atoms with Crippen molar-refractivity contribution in [3.8, 4) is 5.69 Å². The molecule has 2 heterocycles. The van der Waals surface area contributed by atoms with Gasteiger partial charge in [0.25, 0.3) is 0 Å². The molecule has 1 N–H and O–H groups in total. The summed E-state index contributed by atoms with van der Waals surface area (Å²) in [5.41, 5.74) is 1.87. The molecule has 1 saturated heterocycles. The number of ether oxygens (including phenoxy) is 2. The summed E-state index contributed by atoms with van der Waals surface area (Å²) >= 11 is 4.32. The van der Waals surface area contributed by atoms with Crippen molar-refractivity contribution in [1.29, 1.82) is 0 Å². The minimum atomic E-state index is -1.38. The lowest BCUT2D eigenvalue weighted by Crippen LogP contribution is -2.62. The molecule has 1 aromatic carbocycles. The van der Waals surface area contributed by atoms with Gasteiger partial charge in [-0.1, -0.05) is 19.4 Å². The first kappa shape index (κ1) is 28.3.